The van der Waals surface area contributed by atoms with Crippen LogP contribution in [0.25, 0.3) is 17.2 Å². The Morgan fingerprint density at radius 2 is 1.73 bits per heavy atom. The number of rotatable bonds is 16. The molecule has 0 radical (unpaired) electrons. The van der Waals surface area contributed by atoms with Crippen LogP contribution in [0.2, 0.25) is 0 Å². The number of ether oxygens (including phenoxy) is 3. The molecule has 0 bridgehead atoms. The van der Waals surface area contributed by atoms with Gasteiger partial charge in [0.05, 0.1) is 48.0 Å². The minimum Gasteiger partial charge on any atom is -0.496 e. The van der Waals surface area contributed by atoms with Gasteiger partial charge in [-0.25, -0.2) is 4.98 Å². The predicted molar refractivity (Wildman–Crippen MR) is 177 cm³/mol. The van der Waals surface area contributed by atoms with Crippen molar-refractivity contribution < 1.29 is 23.2 Å². The SMILES string of the molecule is CCCCOCCOc1ccc(-c2ccc(OC)c(/C=C/C(=O)Nc3ccc([S@](=O)Cc4c(C)ncn4CC)cc3)c2)cc1. The highest BCUT2D eigenvalue weighted by Gasteiger charge is 2.13. The predicted octanol–water partition coefficient (Wildman–Crippen LogP) is 7.04. The van der Waals surface area contributed by atoms with Gasteiger partial charge in [-0.3, -0.25) is 9.00 Å². The summed E-state index contributed by atoms with van der Waals surface area (Å²) in [5, 5.41) is 2.87. The number of nitrogens with zero attached hydrogens (tertiary/aromatic N) is 2. The molecular formula is C35H41N3O5S. The number of carbonyl (C=O) groups is 1. The van der Waals surface area contributed by atoms with Gasteiger partial charge in [0.15, 0.2) is 0 Å². The molecule has 232 valence electrons. The molecule has 4 aromatic rings. The number of hydrogen-bond donors (Lipinski definition) is 1. The van der Waals surface area contributed by atoms with Gasteiger partial charge in [-0.2, -0.15) is 0 Å². The third kappa shape index (κ3) is 9.14. The Balaban J connectivity index is 1.35. The first-order valence-corrected chi connectivity index (χ1v) is 16.2. The minimum absolute atomic E-state index is 0.283. The monoisotopic (exact) mass is 615 g/mol. The highest BCUT2D eigenvalue weighted by atomic mass is 32.2. The number of anilines is 1. The second-order valence-electron chi connectivity index (χ2n) is 10.2. The molecule has 4 rings (SSSR count). The number of aromatic nitrogens is 2. The number of nitrogens with one attached hydrogen (secondary N) is 1. The Labute approximate surface area is 262 Å². The van der Waals surface area contributed by atoms with Crippen molar-refractivity contribution in [2.75, 3.05) is 32.2 Å². The third-order valence-electron chi connectivity index (χ3n) is 7.12. The standard InChI is InChI=1S/C35H41N3O5S/c1-5-7-20-42-21-22-43-31-14-8-27(9-15-31)28-10-18-34(41-4)29(23-28)11-19-35(39)37-30-12-16-32(17-13-30)44(40)24-33-26(3)36-25-38(33)6-2/h8-19,23,25H,5-7,20-22,24H2,1-4H3,(H,37,39)/b19-11+/t44-/m1/s1. The molecule has 0 aliphatic carbocycles. The second kappa shape index (κ2) is 16.6. The fourth-order valence-corrected chi connectivity index (χ4v) is 5.80. The zero-order valence-corrected chi connectivity index (χ0v) is 26.7. The number of carbonyl (C=O) groups excluding carboxylic acids is 1. The van der Waals surface area contributed by atoms with Crippen LogP contribution in [0.1, 0.15) is 43.6 Å². The lowest BCUT2D eigenvalue weighted by atomic mass is 10.0. The summed E-state index contributed by atoms with van der Waals surface area (Å²) in [6.45, 7) is 8.73. The highest BCUT2D eigenvalue weighted by molar-refractivity contribution is 7.84. The van der Waals surface area contributed by atoms with Gasteiger partial charge in [0.25, 0.3) is 0 Å². The normalized spacial score (nSPS) is 11.9. The maximum absolute atomic E-state index is 13.0. The zero-order chi connectivity index (χ0) is 31.3. The summed E-state index contributed by atoms with van der Waals surface area (Å²) in [4.78, 5) is 17.8. The van der Waals surface area contributed by atoms with Crippen LogP contribution in [0.3, 0.4) is 0 Å². The number of unbranched alkanes of at least 4 members (excludes halogenated alkanes) is 1. The smallest absolute Gasteiger partial charge is 0.248 e. The van der Waals surface area contributed by atoms with Crippen molar-refractivity contribution in [3.8, 4) is 22.6 Å². The van der Waals surface area contributed by atoms with Gasteiger partial charge in [-0.1, -0.05) is 31.5 Å². The topological polar surface area (TPSA) is 91.7 Å². The molecule has 0 aliphatic rings. The van der Waals surface area contributed by atoms with Gasteiger partial charge in [-0.15, -0.1) is 0 Å². The third-order valence-corrected chi connectivity index (χ3v) is 8.45. The van der Waals surface area contributed by atoms with Crippen LogP contribution in [0.4, 0.5) is 5.69 Å². The molecule has 8 nitrogen and oxygen atoms in total. The Kier molecular flexibility index (Phi) is 12.3. The fraction of sp³-hybridized carbons (Fsp3) is 0.314. The fourth-order valence-electron chi connectivity index (χ4n) is 4.57. The van der Waals surface area contributed by atoms with Crippen molar-refractivity contribution in [2.45, 2.75) is 50.8 Å². The first kappa shape index (κ1) is 32.7. The molecule has 1 atom stereocenters. The molecule has 0 saturated heterocycles. The van der Waals surface area contributed by atoms with Gasteiger partial charge in [0.2, 0.25) is 5.91 Å². The summed E-state index contributed by atoms with van der Waals surface area (Å²) in [7, 11) is 0.380. The molecule has 3 aromatic carbocycles. The lowest BCUT2D eigenvalue weighted by Crippen LogP contribution is -2.08. The van der Waals surface area contributed by atoms with Gasteiger partial charge < -0.3 is 24.1 Å². The van der Waals surface area contributed by atoms with Crippen LogP contribution in [0, 0.1) is 6.92 Å². The van der Waals surface area contributed by atoms with Crippen molar-refractivity contribution in [3.63, 3.8) is 0 Å². The van der Waals surface area contributed by atoms with Gasteiger partial charge >= 0.3 is 0 Å². The van der Waals surface area contributed by atoms with E-state index in [1.807, 2.05) is 60.9 Å². The largest absolute Gasteiger partial charge is 0.496 e. The number of methoxy groups -OCH3 is 1. The van der Waals surface area contributed by atoms with E-state index in [0.29, 0.717) is 35.3 Å². The summed E-state index contributed by atoms with van der Waals surface area (Å²) in [6.07, 6.45) is 7.16. The van der Waals surface area contributed by atoms with Crippen molar-refractivity contribution in [3.05, 3.63) is 96.1 Å². The van der Waals surface area contributed by atoms with Crippen molar-refractivity contribution >= 4 is 28.5 Å². The van der Waals surface area contributed by atoms with E-state index in [2.05, 4.69) is 17.2 Å². The van der Waals surface area contributed by atoms with E-state index in [0.717, 1.165) is 59.8 Å². The molecular weight excluding hydrogens is 574 g/mol. The van der Waals surface area contributed by atoms with E-state index in [1.54, 1.807) is 43.8 Å². The summed E-state index contributed by atoms with van der Waals surface area (Å²) >= 11 is 0. The van der Waals surface area contributed by atoms with E-state index in [9.17, 15) is 9.00 Å². The first-order valence-electron chi connectivity index (χ1n) is 14.9. The molecule has 0 fully saturated rings. The molecule has 0 saturated carbocycles. The van der Waals surface area contributed by atoms with E-state index in [-0.39, 0.29) is 5.91 Å². The second-order valence-corrected chi connectivity index (χ2v) is 11.6. The molecule has 0 unspecified atom stereocenters. The van der Waals surface area contributed by atoms with E-state index < -0.39 is 10.8 Å². The van der Waals surface area contributed by atoms with E-state index in [4.69, 9.17) is 14.2 Å². The molecule has 1 amide bonds. The van der Waals surface area contributed by atoms with Crippen molar-refractivity contribution in [2.24, 2.45) is 0 Å². The van der Waals surface area contributed by atoms with Gasteiger partial charge in [0, 0.05) is 35.4 Å². The van der Waals surface area contributed by atoms with E-state index in [1.165, 1.54) is 6.08 Å². The Morgan fingerprint density at radius 3 is 2.43 bits per heavy atom. The number of imidazole rings is 1. The Bertz CT molecular complexity index is 1560. The first-order chi connectivity index (χ1) is 21.4. The van der Waals surface area contributed by atoms with Crippen molar-refractivity contribution in [1.29, 1.82) is 0 Å². The zero-order valence-electron chi connectivity index (χ0n) is 25.9. The van der Waals surface area contributed by atoms with Gasteiger partial charge in [-0.05, 0) is 86.0 Å². The van der Waals surface area contributed by atoms with Crippen LogP contribution in [0.15, 0.2) is 84.0 Å². The number of amides is 1. The summed E-state index contributed by atoms with van der Waals surface area (Å²) in [5.74, 6) is 1.56. The van der Waals surface area contributed by atoms with Crippen LogP contribution < -0.4 is 14.8 Å². The maximum Gasteiger partial charge on any atom is 0.248 e. The van der Waals surface area contributed by atoms with E-state index >= 15 is 0 Å². The molecule has 0 spiro atoms. The van der Waals surface area contributed by atoms with Crippen LogP contribution in [-0.2, 0) is 32.6 Å². The molecule has 9 heteroatoms. The molecule has 44 heavy (non-hydrogen) atoms. The molecule has 0 aliphatic heterocycles. The van der Waals surface area contributed by atoms with Crippen molar-refractivity contribution in [1.82, 2.24) is 9.55 Å². The Morgan fingerprint density at radius 1 is 0.977 bits per heavy atom. The lowest BCUT2D eigenvalue weighted by Gasteiger charge is -2.10. The number of aryl methyl sites for hydroxylation is 2. The number of benzene rings is 3. The van der Waals surface area contributed by atoms with Gasteiger partial charge in [0.1, 0.15) is 18.1 Å². The summed E-state index contributed by atoms with van der Waals surface area (Å²) < 4.78 is 31.8. The van der Waals surface area contributed by atoms with Crippen LogP contribution in [-0.4, -0.2) is 46.6 Å². The van der Waals surface area contributed by atoms with Crippen LogP contribution in [0.5, 0.6) is 11.5 Å². The summed E-state index contributed by atoms with van der Waals surface area (Å²) in [6, 6.07) is 20.8. The Hall–Kier alpha value is -4.21. The molecule has 1 N–H and O–H groups in total. The average Bonchev–Trinajstić information content (AvgIpc) is 3.40. The summed E-state index contributed by atoms with van der Waals surface area (Å²) in [5.41, 5.74) is 5.26. The quantitative estimate of drug-likeness (QED) is 0.107. The highest BCUT2D eigenvalue weighted by Crippen LogP contribution is 2.29. The van der Waals surface area contributed by atoms with Crippen LogP contribution >= 0.6 is 0 Å². The number of hydrogen-bond acceptors (Lipinski definition) is 6. The minimum atomic E-state index is -1.22. The lowest BCUT2D eigenvalue weighted by molar-refractivity contribution is -0.111. The molecule has 1 aromatic heterocycles. The maximum atomic E-state index is 13.0. The average molecular weight is 616 g/mol. The molecule has 1 heterocycles.